The minimum atomic E-state index is -0.463. The van der Waals surface area contributed by atoms with Crippen LogP contribution in [0.4, 0.5) is 4.79 Å². The van der Waals surface area contributed by atoms with Gasteiger partial charge in [0.25, 0.3) is 0 Å². The lowest BCUT2D eigenvalue weighted by molar-refractivity contribution is 0.160. The highest BCUT2D eigenvalue weighted by molar-refractivity contribution is 5.68. The molecule has 0 aromatic rings. The van der Waals surface area contributed by atoms with Gasteiger partial charge in [0.1, 0.15) is 6.61 Å². The molecule has 3 nitrogen and oxygen atoms in total. The van der Waals surface area contributed by atoms with Crippen molar-refractivity contribution in [3.63, 3.8) is 0 Å². The first-order valence-corrected chi connectivity index (χ1v) is 6.64. The summed E-state index contributed by atoms with van der Waals surface area (Å²) in [5, 5.41) is 2.34. The van der Waals surface area contributed by atoms with Crippen LogP contribution in [-0.4, -0.2) is 12.7 Å². The van der Waals surface area contributed by atoms with Crippen LogP contribution in [0.3, 0.4) is 0 Å². The number of ether oxygens (including phenoxy) is 1. The Kier molecular flexibility index (Phi) is 16.2. The second kappa shape index (κ2) is 15.5. The van der Waals surface area contributed by atoms with Crippen LogP contribution < -0.4 is 5.32 Å². The number of amides is 1. The van der Waals surface area contributed by atoms with Gasteiger partial charge in [-0.2, -0.15) is 0 Å². The first-order chi connectivity index (χ1) is 8.74. The number of nitrogens with one attached hydrogen (secondary N) is 1. The summed E-state index contributed by atoms with van der Waals surface area (Å²) in [6, 6.07) is 0. The van der Waals surface area contributed by atoms with Crippen molar-refractivity contribution in [3.05, 3.63) is 36.6 Å². The van der Waals surface area contributed by atoms with Gasteiger partial charge in [0.2, 0.25) is 0 Å². The van der Waals surface area contributed by atoms with Gasteiger partial charge in [0.05, 0.1) is 0 Å². The Morgan fingerprint density at radius 2 is 2.06 bits per heavy atom. The van der Waals surface area contributed by atoms with Crippen molar-refractivity contribution in [2.75, 3.05) is 6.61 Å². The second-order valence-electron chi connectivity index (χ2n) is 3.39. The summed E-state index contributed by atoms with van der Waals surface area (Å²) in [7, 11) is 0. The molecule has 1 N–H and O–H groups in total. The smallest absolute Gasteiger partial charge is 0.411 e. The predicted octanol–water partition coefficient (Wildman–Crippen LogP) is 4.58. The molecule has 0 saturated carbocycles. The molecule has 1 aliphatic rings. The monoisotopic (exact) mass is 253 g/mol. The lowest BCUT2D eigenvalue weighted by Crippen LogP contribution is -2.19. The molecule has 0 atom stereocenters. The zero-order valence-electron chi connectivity index (χ0n) is 12.2. The average molecular weight is 253 g/mol. The summed E-state index contributed by atoms with van der Waals surface area (Å²) in [5.74, 6) is 0. The maximum Gasteiger partial charge on any atom is 0.411 e. The molecule has 0 aromatic carbocycles. The second-order valence-corrected chi connectivity index (χ2v) is 3.39. The van der Waals surface area contributed by atoms with Crippen LogP contribution in [0.15, 0.2) is 36.6 Å². The van der Waals surface area contributed by atoms with Crippen molar-refractivity contribution in [1.82, 2.24) is 5.32 Å². The SMILES string of the molecule is C=CNC(=O)OCC1=CCCC=C1.CC.CCC. The average Bonchev–Trinajstić information content (AvgIpc) is 2.41. The molecule has 0 bridgehead atoms. The van der Waals surface area contributed by atoms with Crippen molar-refractivity contribution in [3.8, 4) is 0 Å². The van der Waals surface area contributed by atoms with E-state index in [4.69, 9.17) is 4.74 Å². The third kappa shape index (κ3) is 12.6. The molecule has 0 saturated heterocycles. The molecule has 18 heavy (non-hydrogen) atoms. The third-order valence-corrected chi connectivity index (χ3v) is 1.66. The first-order valence-electron chi connectivity index (χ1n) is 6.64. The minimum Gasteiger partial charge on any atom is -0.444 e. The van der Waals surface area contributed by atoms with E-state index in [0.29, 0.717) is 6.61 Å². The molecular weight excluding hydrogens is 226 g/mol. The molecule has 1 rings (SSSR count). The summed E-state index contributed by atoms with van der Waals surface area (Å²) in [5.41, 5.74) is 1.05. The molecule has 3 heteroatoms. The number of carbonyl (C=O) groups excluding carboxylic acids is 1. The van der Waals surface area contributed by atoms with Gasteiger partial charge in [0.15, 0.2) is 0 Å². The van der Waals surface area contributed by atoms with Gasteiger partial charge in [-0.1, -0.05) is 58.9 Å². The highest BCUT2D eigenvalue weighted by Crippen LogP contribution is 2.09. The normalized spacial score (nSPS) is 11.9. The van der Waals surface area contributed by atoms with Crippen molar-refractivity contribution < 1.29 is 9.53 Å². The van der Waals surface area contributed by atoms with Gasteiger partial charge in [0, 0.05) is 0 Å². The van der Waals surface area contributed by atoms with Gasteiger partial charge in [-0.3, -0.25) is 5.32 Å². The number of carbonyl (C=O) groups is 1. The van der Waals surface area contributed by atoms with E-state index < -0.39 is 6.09 Å². The van der Waals surface area contributed by atoms with Crippen LogP contribution in [0.25, 0.3) is 0 Å². The lowest BCUT2D eigenvalue weighted by Gasteiger charge is -2.07. The number of alkyl carbamates (subject to hydrolysis) is 1. The topological polar surface area (TPSA) is 38.3 Å². The zero-order chi connectivity index (χ0) is 14.2. The zero-order valence-corrected chi connectivity index (χ0v) is 12.2. The molecule has 0 spiro atoms. The third-order valence-electron chi connectivity index (χ3n) is 1.66. The minimum absolute atomic E-state index is 0.330. The maximum atomic E-state index is 10.8. The molecule has 0 heterocycles. The molecule has 0 fully saturated rings. The molecule has 1 amide bonds. The Labute approximate surface area is 112 Å². The van der Waals surface area contributed by atoms with Gasteiger partial charge in [-0.05, 0) is 24.6 Å². The summed E-state index contributed by atoms with van der Waals surface area (Å²) >= 11 is 0. The van der Waals surface area contributed by atoms with E-state index in [-0.39, 0.29) is 0 Å². The van der Waals surface area contributed by atoms with Crippen LogP contribution in [0.1, 0.15) is 47.0 Å². The Bertz CT molecular complexity index is 268. The quantitative estimate of drug-likeness (QED) is 0.799. The Balaban J connectivity index is 0. The number of rotatable bonds is 3. The van der Waals surface area contributed by atoms with Gasteiger partial charge >= 0.3 is 6.09 Å². The maximum absolute atomic E-state index is 10.8. The Hall–Kier alpha value is -1.51. The largest absolute Gasteiger partial charge is 0.444 e. The standard InChI is InChI=1S/C10H13NO2.C3H8.C2H6/c1-2-11-10(12)13-8-9-6-4-3-5-7-9;1-3-2;1-2/h2,4,6-7H,1,3,5,8H2,(H,11,12);3H2,1-2H3;1-2H3. The fraction of sp³-hybridized carbons (Fsp3) is 0.533. The van der Waals surface area contributed by atoms with Gasteiger partial charge in [-0.25, -0.2) is 4.79 Å². The van der Waals surface area contributed by atoms with Crippen LogP contribution >= 0.6 is 0 Å². The molecule has 1 aliphatic carbocycles. The summed E-state index contributed by atoms with van der Waals surface area (Å²) < 4.78 is 4.88. The summed E-state index contributed by atoms with van der Waals surface area (Å²) in [6.07, 6.45) is 10.3. The van der Waals surface area contributed by atoms with Crippen LogP contribution in [0, 0.1) is 0 Å². The fourth-order valence-electron chi connectivity index (χ4n) is 1.05. The molecule has 0 radical (unpaired) electrons. The van der Waals surface area contributed by atoms with Crippen LogP contribution in [0.2, 0.25) is 0 Å². The highest BCUT2D eigenvalue weighted by atomic mass is 16.5. The number of hydrogen-bond donors (Lipinski definition) is 1. The van der Waals surface area contributed by atoms with Crippen molar-refractivity contribution >= 4 is 6.09 Å². The Morgan fingerprint density at radius 3 is 2.50 bits per heavy atom. The van der Waals surface area contributed by atoms with Gasteiger partial charge < -0.3 is 4.74 Å². The van der Waals surface area contributed by atoms with Crippen LogP contribution in [-0.2, 0) is 4.74 Å². The van der Waals surface area contributed by atoms with E-state index in [1.807, 2.05) is 19.9 Å². The molecule has 0 unspecified atom stereocenters. The van der Waals surface area contributed by atoms with Crippen molar-refractivity contribution in [2.24, 2.45) is 0 Å². The molecule has 104 valence electrons. The van der Waals surface area contributed by atoms with Crippen molar-refractivity contribution in [2.45, 2.75) is 47.0 Å². The van der Waals surface area contributed by atoms with E-state index >= 15 is 0 Å². The molecule has 0 aromatic heterocycles. The number of hydrogen-bond acceptors (Lipinski definition) is 2. The highest BCUT2D eigenvalue weighted by Gasteiger charge is 2.01. The van der Waals surface area contributed by atoms with Crippen LogP contribution in [0.5, 0.6) is 0 Å². The lowest BCUT2D eigenvalue weighted by atomic mass is 10.1. The number of allylic oxidation sites excluding steroid dienone is 2. The first kappa shape index (κ1) is 18.8. The van der Waals surface area contributed by atoms with Gasteiger partial charge in [-0.15, -0.1) is 0 Å². The summed E-state index contributed by atoms with van der Waals surface area (Å²) in [4.78, 5) is 10.8. The molecule has 0 aliphatic heterocycles. The van der Waals surface area contributed by atoms with E-state index in [9.17, 15) is 4.79 Å². The summed E-state index contributed by atoms with van der Waals surface area (Å²) in [6.45, 7) is 11.9. The van der Waals surface area contributed by atoms with Crippen molar-refractivity contribution in [1.29, 1.82) is 0 Å². The van der Waals surface area contributed by atoms with E-state index in [2.05, 4.69) is 37.9 Å². The van der Waals surface area contributed by atoms with E-state index in [1.54, 1.807) is 0 Å². The predicted molar refractivity (Wildman–Crippen MR) is 78.5 cm³/mol. The van der Waals surface area contributed by atoms with E-state index in [0.717, 1.165) is 18.4 Å². The fourth-order valence-corrected chi connectivity index (χ4v) is 1.05. The Morgan fingerprint density at radius 1 is 1.44 bits per heavy atom. The molecular formula is C15H27NO2. The van der Waals surface area contributed by atoms with E-state index in [1.165, 1.54) is 12.6 Å².